The minimum atomic E-state index is -4.13. The number of benzene rings is 4. The number of amides is 2. The summed E-state index contributed by atoms with van der Waals surface area (Å²) in [7, 11) is -4.13. The molecule has 4 aromatic carbocycles. The lowest BCUT2D eigenvalue weighted by Crippen LogP contribution is -2.55. The predicted molar refractivity (Wildman–Crippen MR) is 173 cm³/mol. The number of hydrogen-bond acceptors (Lipinski definition) is 5. The van der Waals surface area contributed by atoms with Gasteiger partial charge in [-0.25, -0.2) is 8.42 Å². The number of hydrogen-bond donors (Lipinski definition) is 4. The van der Waals surface area contributed by atoms with Crippen molar-refractivity contribution < 1.29 is 18.0 Å². The van der Waals surface area contributed by atoms with Crippen LogP contribution in [0.4, 0.5) is 0 Å². The van der Waals surface area contributed by atoms with E-state index in [-0.39, 0.29) is 44.9 Å². The van der Waals surface area contributed by atoms with Crippen molar-refractivity contribution in [3.63, 3.8) is 0 Å². The quantitative estimate of drug-likeness (QED) is 0.206. The van der Waals surface area contributed by atoms with Crippen LogP contribution in [0.1, 0.15) is 29.0 Å². The second kappa shape index (κ2) is 15.0. The number of sulfonamides is 1. The number of primary amides is 1. The van der Waals surface area contributed by atoms with Gasteiger partial charge < -0.3 is 16.8 Å². The molecule has 0 heterocycles. The van der Waals surface area contributed by atoms with Crippen molar-refractivity contribution in [3.05, 3.63) is 114 Å². The average molecular weight is 613 g/mol. The van der Waals surface area contributed by atoms with E-state index in [4.69, 9.17) is 11.5 Å². The van der Waals surface area contributed by atoms with Crippen molar-refractivity contribution in [2.75, 3.05) is 6.54 Å². The number of carbonyl (C=O) groups excluding carboxylic acids is 2. The predicted octanol–water partition coefficient (Wildman–Crippen LogP) is 3.17. The van der Waals surface area contributed by atoms with Crippen molar-refractivity contribution in [1.29, 1.82) is 0 Å². The largest absolute Gasteiger partial charge is 0.368 e. The number of carbonyl (C=O) groups is 2. The summed E-state index contributed by atoms with van der Waals surface area (Å²) < 4.78 is 29.6. The maximum atomic E-state index is 13.5. The molecular weight excluding hydrogens is 577 g/mol. The molecular formula is C30H36N4O4S3. The van der Waals surface area contributed by atoms with E-state index in [0.29, 0.717) is 5.39 Å². The van der Waals surface area contributed by atoms with Crippen LogP contribution in [0.5, 0.6) is 0 Å². The highest BCUT2D eigenvalue weighted by molar-refractivity contribution is 7.89. The Balaban J connectivity index is 0.00000294. The second-order valence-corrected chi connectivity index (χ2v) is 11.0. The minimum Gasteiger partial charge on any atom is -0.368 e. The van der Waals surface area contributed by atoms with E-state index in [9.17, 15) is 18.0 Å². The highest BCUT2D eigenvalue weighted by Gasteiger charge is 2.34. The van der Waals surface area contributed by atoms with E-state index in [0.717, 1.165) is 22.1 Å². The third-order valence-electron chi connectivity index (χ3n) is 6.72. The Morgan fingerprint density at radius 2 is 1.29 bits per heavy atom. The lowest BCUT2D eigenvalue weighted by Gasteiger charge is -2.28. The van der Waals surface area contributed by atoms with Crippen LogP contribution >= 0.6 is 27.0 Å². The summed E-state index contributed by atoms with van der Waals surface area (Å²) in [6, 6.07) is 26.5. The first-order valence-corrected chi connectivity index (χ1v) is 14.1. The zero-order valence-corrected chi connectivity index (χ0v) is 25.4. The van der Waals surface area contributed by atoms with Gasteiger partial charge in [0.05, 0.1) is 4.90 Å². The Labute approximate surface area is 254 Å². The van der Waals surface area contributed by atoms with Gasteiger partial charge >= 0.3 is 0 Å². The van der Waals surface area contributed by atoms with E-state index in [1.54, 1.807) is 18.2 Å². The SMILES string of the molecule is Cc1ccc(S(=O)(=O)N[C@@H](CCN)C(=O)N[C@H](C(N)=O)C(c2ccccc2)c2ccccc2)c2ccccc12.S.S. The van der Waals surface area contributed by atoms with Crippen LogP contribution in [0.3, 0.4) is 0 Å². The fourth-order valence-corrected chi connectivity index (χ4v) is 6.23. The van der Waals surface area contributed by atoms with Crippen molar-refractivity contribution >= 4 is 59.6 Å². The van der Waals surface area contributed by atoms with Gasteiger partial charge in [0.15, 0.2) is 0 Å². The van der Waals surface area contributed by atoms with Crippen LogP contribution in [-0.4, -0.2) is 38.9 Å². The summed E-state index contributed by atoms with van der Waals surface area (Å²) in [6.45, 7) is 1.94. The summed E-state index contributed by atoms with van der Waals surface area (Å²) in [4.78, 5) is 26.3. The summed E-state index contributed by atoms with van der Waals surface area (Å²) in [6.07, 6.45) is 0.0156. The molecule has 0 aliphatic rings. The van der Waals surface area contributed by atoms with Gasteiger partial charge in [-0.3, -0.25) is 9.59 Å². The van der Waals surface area contributed by atoms with Crippen molar-refractivity contribution in [2.45, 2.75) is 36.2 Å². The molecule has 11 heteroatoms. The maximum Gasteiger partial charge on any atom is 0.241 e. The molecule has 6 N–H and O–H groups in total. The Bertz CT molecular complexity index is 1530. The van der Waals surface area contributed by atoms with Gasteiger partial charge in [-0.1, -0.05) is 91.0 Å². The Morgan fingerprint density at radius 3 is 1.80 bits per heavy atom. The maximum absolute atomic E-state index is 13.5. The Hall–Kier alpha value is -3.35. The molecule has 218 valence electrons. The Kier molecular flexibility index (Phi) is 12.4. The summed E-state index contributed by atoms with van der Waals surface area (Å²) >= 11 is 0. The van der Waals surface area contributed by atoms with Crippen molar-refractivity contribution in [3.8, 4) is 0 Å². The molecule has 41 heavy (non-hydrogen) atoms. The van der Waals surface area contributed by atoms with Crippen LogP contribution in [0.15, 0.2) is 102 Å². The first-order valence-electron chi connectivity index (χ1n) is 12.6. The van der Waals surface area contributed by atoms with Gasteiger partial charge in [0.25, 0.3) is 0 Å². The van der Waals surface area contributed by atoms with E-state index in [1.165, 1.54) is 6.07 Å². The molecule has 0 aliphatic heterocycles. The molecule has 8 nitrogen and oxygen atoms in total. The summed E-state index contributed by atoms with van der Waals surface area (Å²) in [5, 5.41) is 4.06. The van der Waals surface area contributed by atoms with E-state index in [2.05, 4.69) is 10.0 Å². The molecule has 0 bridgehead atoms. The zero-order valence-electron chi connectivity index (χ0n) is 22.6. The normalized spacial score (nSPS) is 12.6. The molecule has 0 spiro atoms. The fraction of sp³-hybridized carbons (Fsp3) is 0.200. The van der Waals surface area contributed by atoms with E-state index >= 15 is 0 Å². The third-order valence-corrected chi connectivity index (χ3v) is 8.25. The molecule has 2 amide bonds. The van der Waals surface area contributed by atoms with Crippen LogP contribution in [0.2, 0.25) is 0 Å². The van der Waals surface area contributed by atoms with Crippen LogP contribution in [0.25, 0.3) is 10.8 Å². The minimum absolute atomic E-state index is 0. The number of nitrogens with two attached hydrogens (primary N) is 2. The molecule has 0 saturated heterocycles. The van der Waals surface area contributed by atoms with E-state index in [1.807, 2.05) is 79.7 Å². The Morgan fingerprint density at radius 1 is 0.780 bits per heavy atom. The zero-order chi connectivity index (χ0) is 28.0. The molecule has 0 saturated carbocycles. The molecule has 4 rings (SSSR count). The first kappa shape index (κ1) is 33.9. The second-order valence-electron chi connectivity index (χ2n) is 9.37. The molecule has 0 aromatic heterocycles. The van der Waals surface area contributed by atoms with Crippen molar-refractivity contribution in [1.82, 2.24) is 10.0 Å². The van der Waals surface area contributed by atoms with Crippen LogP contribution in [0, 0.1) is 6.92 Å². The summed E-state index contributed by atoms with van der Waals surface area (Å²) in [5.74, 6) is -2.04. The molecule has 0 unspecified atom stereocenters. The average Bonchev–Trinajstić information content (AvgIpc) is 2.93. The standard InChI is InChI=1S/C30H32N4O4S.2H2S/c1-20-16-17-26(24-15-9-8-14-23(20)24)39(37,38)34-25(18-19-31)30(36)33-28(29(32)35)27(21-10-4-2-5-11-21)22-12-6-3-7-13-22;;/h2-17,25,27-28,34H,18-19,31H2,1H3,(H2,32,35)(H,33,36);2*1H2/t25-,28-;;/m0../s1. The van der Waals surface area contributed by atoms with Gasteiger partial charge in [0, 0.05) is 11.3 Å². The number of nitrogens with one attached hydrogen (secondary N) is 2. The summed E-state index contributed by atoms with van der Waals surface area (Å²) in [5.41, 5.74) is 14.0. The monoisotopic (exact) mass is 612 g/mol. The molecule has 0 aliphatic carbocycles. The molecule has 0 fully saturated rings. The topological polar surface area (TPSA) is 144 Å². The lowest BCUT2D eigenvalue weighted by atomic mass is 9.84. The van der Waals surface area contributed by atoms with Crippen LogP contribution in [-0.2, 0) is 19.6 Å². The third kappa shape index (κ3) is 7.90. The van der Waals surface area contributed by atoms with Crippen molar-refractivity contribution in [2.24, 2.45) is 11.5 Å². The fourth-order valence-electron chi connectivity index (χ4n) is 4.79. The smallest absolute Gasteiger partial charge is 0.241 e. The van der Waals surface area contributed by atoms with Crippen LogP contribution < -0.4 is 21.5 Å². The van der Waals surface area contributed by atoms with Gasteiger partial charge in [-0.15, -0.1) is 0 Å². The van der Waals surface area contributed by atoms with Gasteiger partial charge in [0.2, 0.25) is 21.8 Å². The number of aryl methyl sites for hydroxylation is 1. The molecule has 2 atom stereocenters. The highest BCUT2D eigenvalue weighted by atomic mass is 32.2. The first-order chi connectivity index (χ1) is 18.7. The van der Waals surface area contributed by atoms with Gasteiger partial charge in [0.1, 0.15) is 12.1 Å². The highest BCUT2D eigenvalue weighted by Crippen LogP contribution is 2.29. The number of rotatable bonds is 11. The van der Waals surface area contributed by atoms with Gasteiger partial charge in [-0.2, -0.15) is 31.7 Å². The molecule has 0 radical (unpaired) electrons. The number of fused-ring (bicyclic) bond motifs is 1. The van der Waals surface area contributed by atoms with E-state index < -0.39 is 39.8 Å². The van der Waals surface area contributed by atoms with Gasteiger partial charge in [-0.05, 0) is 48.0 Å². The molecule has 4 aromatic rings. The lowest BCUT2D eigenvalue weighted by molar-refractivity contribution is -0.128.